The predicted octanol–water partition coefficient (Wildman–Crippen LogP) is 2.56. The maximum Gasteiger partial charge on any atom is 0.224 e. The molecular weight excluding hydrogens is 276 g/mol. The number of carbonyl (C=O) groups excluding carboxylic acids is 1. The van der Waals surface area contributed by atoms with Gasteiger partial charge in [0.15, 0.2) is 0 Å². The van der Waals surface area contributed by atoms with E-state index in [1.165, 1.54) is 7.11 Å². The molecule has 0 bridgehead atoms. The van der Waals surface area contributed by atoms with Crippen LogP contribution in [0.1, 0.15) is 19.4 Å². The maximum atomic E-state index is 12.1. The fourth-order valence-corrected chi connectivity index (χ4v) is 2.08. The molecule has 1 aromatic carbocycles. The number of methoxy groups -OCH3 is 1. The van der Waals surface area contributed by atoms with Crippen LogP contribution in [-0.4, -0.2) is 25.2 Å². The number of ether oxygens (including phenoxy) is 1. The molecule has 0 aliphatic carbocycles. The van der Waals surface area contributed by atoms with Gasteiger partial charge in [0.05, 0.1) is 12.7 Å². The van der Waals surface area contributed by atoms with Gasteiger partial charge in [-0.25, -0.2) is 0 Å². The first-order chi connectivity index (χ1) is 9.41. The lowest BCUT2D eigenvalue weighted by atomic mass is 9.98. The SMILES string of the molecule is COC[C@@](C)(C#N)NC(=O)[C@@H](C)Cc1ccccc1Cl. The number of carbonyl (C=O) groups is 1. The Hall–Kier alpha value is -1.57. The zero-order valence-corrected chi connectivity index (χ0v) is 12.7. The summed E-state index contributed by atoms with van der Waals surface area (Å²) in [6.07, 6.45) is 0.528. The second-order valence-electron chi connectivity index (χ2n) is 5.06. The second kappa shape index (κ2) is 7.28. The van der Waals surface area contributed by atoms with Gasteiger partial charge < -0.3 is 10.1 Å². The Labute approximate surface area is 124 Å². The van der Waals surface area contributed by atoms with Crippen LogP contribution in [0, 0.1) is 17.2 Å². The van der Waals surface area contributed by atoms with E-state index in [1.807, 2.05) is 25.1 Å². The van der Waals surface area contributed by atoms with Crippen LogP contribution in [0.2, 0.25) is 5.02 Å². The molecule has 0 heterocycles. The molecule has 5 heteroatoms. The summed E-state index contributed by atoms with van der Waals surface area (Å²) in [7, 11) is 1.49. The van der Waals surface area contributed by atoms with Crippen molar-refractivity contribution in [3.8, 4) is 6.07 Å². The van der Waals surface area contributed by atoms with E-state index in [2.05, 4.69) is 11.4 Å². The molecule has 108 valence electrons. The molecule has 1 rings (SSSR count). The number of nitrogens with one attached hydrogen (secondary N) is 1. The van der Waals surface area contributed by atoms with Crippen molar-refractivity contribution in [1.82, 2.24) is 5.32 Å². The van der Waals surface area contributed by atoms with Crippen LogP contribution in [0.15, 0.2) is 24.3 Å². The normalized spacial score (nSPS) is 14.9. The summed E-state index contributed by atoms with van der Waals surface area (Å²) >= 11 is 6.08. The van der Waals surface area contributed by atoms with E-state index in [4.69, 9.17) is 21.6 Å². The van der Waals surface area contributed by atoms with Crippen molar-refractivity contribution >= 4 is 17.5 Å². The van der Waals surface area contributed by atoms with Crippen LogP contribution in [0.4, 0.5) is 0 Å². The molecule has 0 fully saturated rings. The molecule has 2 atom stereocenters. The Balaban J connectivity index is 2.69. The molecule has 20 heavy (non-hydrogen) atoms. The van der Waals surface area contributed by atoms with Crippen molar-refractivity contribution in [2.45, 2.75) is 25.8 Å². The highest BCUT2D eigenvalue weighted by atomic mass is 35.5. The number of amides is 1. The van der Waals surface area contributed by atoms with E-state index < -0.39 is 5.54 Å². The summed E-state index contributed by atoms with van der Waals surface area (Å²) in [6.45, 7) is 3.59. The number of hydrogen-bond donors (Lipinski definition) is 1. The lowest BCUT2D eigenvalue weighted by molar-refractivity contribution is -0.126. The quantitative estimate of drug-likeness (QED) is 0.877. The number of hydrogen-bond acceptors (Lipinski definition) is 3. The molecule has 0 aliphatic heterocycles. The highest BCUT2D eigenvalue weighted by Crippen LogP contribution is 2.19. The fraction of sp³-hybridized carbons (Fsp3) is 0.467. The van der Waals surface area contributed by atoms with E-state index in [-0.39, 0.29) is 18.4 Å². The number of halogens is 1. The maximum absolute atomic E-state index is 12.1. The van der Waals surface area contributed by atoms with E-state index in [0.717, 1.165) is 5.56 Å². The van der Waals surface area contributed by atoms with Crippen molar-refractivity contribution in [3.05, 3.63) is 34.9 Å². The Morgan fingerprint density at radius 1 is 1.55 bits per heavy atom. The number of nitriles is 1. The minimum atomic E-state index is -1.01. The third-order valence-electron chi connectivity index (χ3n) is 3.01. The summed E-state index contributed by atoms with van der Waals surface area (Å²) in [5.41, 5.74) is -0.0946. The van der Waals surface area contributed by atoms with Crippen molar-refractivity contribution in [1.29, 1.82) is 5.26 Å². The lowest BCUT2D eigenvalue weighted by Crippen LogP contribution is -2.50. The van der Waals surface area contributed by atoms with Gasteiger partial charge in [0.1, 0.15) is 5.54 Å². The van der Waals surface area contributed by atoms with Crippen LogP contribution >= 0.6 is 11.6 Å². The Morgan fingerprint density at radius 3 is 2.75 bits per heavy atom. The third kappa shape index (κ3) is 4.52. The van der Waals surface area contributed by atoms with Gasteiger partial charge >= 0.3 is 0 Å². The molecule has 0 aromatic heterocycles. The van der Waals surface area contributed by atoms with Gasteiger partial charge in [-0.15, -0.1) is 0 Å². The van der Waals surface area contributed by atoms with E-state index in [0.29, 0.717) is 11.4 Å². The number of rotatable bonds is 6. The molecule has 4 nitrogen and oxygen atoms in total. The third-order valence-corrected chi connectivity index (χ3v) is 3.38. The van der Waals surface area contributed by atoms with Crippen LogP contribution in [0.3, 0.4) is 0 Å². The molecule has 1 N–H and O–H groups in total. The van der Waals surface area contributed by atoms with Crippen molar-refractivity contribution in [3.63, 3.8) is 0 Å². The summed E-state index contributed by atoms with van der Waals surface area (Å²) in [5, 5.41) is 12.5. The summed E-state index contributed by atoms with van der Waals surface area (Å²) < 4.78 is 4.96. The average Bonchev–Trinajstić information content (AvgIpc) is 2.41. The monoisotopic (exact) mass is 294 g/mol. The molecular formula is C15H19ClN2O2. The smallest absolute Gasteiger partial charge is 0.224 e. The summed E-state index contributed by atoms with van der Waals surface area (Å²) in [4.78, 5) is 12.1. The lowest BCUT2D eigenvalue weighted by Gasteiger charge is -2.24. The van der Waals surface area contributed by atoms with Crippen LogP contribution in [0.25, 0.3) is 0 Å². The van der Waals surface area contributed by atoms with Gasteiger partial charge in [-0.05, 0) is 25.0 Å². The highest BCUT2D eigenvalue weighted by Gasteiger charge is 2.28. The zero-order valence-electron chi connectivity index (χ0n) is 11.9. The second-order valence-corrected chi connectivity index (χ2v) is 5.47. The first-order valence-electron chi connectivity index (χ1n) is 6.37. The topological polar surface area (TPSA) is 62.1 Å². The van der Waals surface area contributed by atoms with Crippen LogP contribution < -0.4 is 5.32 Å². The van der Waals surface area contributed by atoms with Gasteiger partial charge in [-0.2, -0.15) is 5.26 Å². The standard InChI is InChI=1S/C15H19ClN2O2/c1-11(8-12-6-4-5-7-13(12)16)14(19)18-15(2,9-17)10-20-3/h4-7,11H,8,10H2,1-3H3,(H,18,19)/t11-,15+/m0/s1. The number of benzene rings is 1. The molecule has 0 saturated heterocycles. The van der Waals surface area contributed by atoms with Gasteiger partial charge in [-0.3, -0.25) is 4.79 Å². The largest absolute Gasteiger partial charge is 0.381 e. The molecule has 0 unspecified atom stereocenters. The molecule has 0 aliphatic rings. The Morgan fingerprint density at radius 2 is 2.20 bits per heavy atom. The minimum Gasteiger partial charge on any atom is -0.381 e. The molecule has 0 spiro atoms. The minimum absolute atomic E-state index is 0.147. The van der Waals surface area contributed by atoms with Gasteiger partial charge in [-0.1, -0.05) is 36.7 Å². The number of nitrogens with zero attached hydrogens (tertiary/aromatic N) is 1. The van der Waals surface area contributed by atoms with Gasteiger partial charge in [0, 0.05) is 18.1 Å². The average molecular weight is 295 g/mol. The van der Waals surface area contributed by atoms with Crippen molar-refractivity contribution in [2.75, 3.05) is 13.7 Å². The zero-order chi connectivity index (χ0) is 15.2. The first-order valence-corrected chi connectivity index (χ1v) is 6.75. The molecule has 0 radical (unpaired) electrons. The summed E-state index contributed by atoms with van der Waals surface area (Å²) in [6, 6.07) is 9.48. The fourth-order valence-electron chi connectivity index (χ4n) is 1.87. The van der Waals surface area contributed by atoms with Crippen LogP contribution in [0.5, 0.6) is 0 Å². The summed E-state index contributed by atoms with van der Waals surface area (Å²) in [5.74, 6) is -0.467. The first kappa shape index (κ1) is 16.5. The highest BCUT2D eigenvalue weighted by molar-refractivity contribution is 6.31. The van der Waals surface area contributed by atoms with E-state index in [9.17, 15) is 4.79 Å². The Kier molecular flexibility index (Phi) is 6.00. The van der Waals surface area contributed by atoms with Crippen LogP contribution in [-0.2, 0) is 16.0 Å². The molecule has 1 aromatic rings. The predicted molar refractivity (Wildman–Crippen MR) is 78.4 cm³/mol. The van der Waals surface area contributed by atoms with Crippen molar-refractivity contribution < 1.29 is 9.53 Å². The Bertz CT molecular complexity index is 513. The van der Waals surface area contributed by atoms with E-state index >= 15 is 0 Å². The van der Waals surface area contributed by atoms with Crippen molar-refractivity contribution in [2.24, 2.45) is 5.92 Å². The van der Waals surface area contributed by atoms with Gasteiger partial charge in [0.25, 0.3) is 0 Å². The molecule has 0 saturated carbocycles. The van der Waals surface area contributed by atoms with E-state index in [1.54, 1.807) is 13.0 Å². The molecule has 1 amide bonds. The van der Waals surface area contributed by atoms with Gasteiger partial charge in [0.2, 0.25) is 5.91 Å².